The summed E-state index contributed by atoms with van der Waals surface area (Å²) >= 11 is 0. The molecule has 1 aliphatic rings. The third kappa shape index (κ3) is 5.23. The van der Waals surface area contributed by atoms with Crippen molar-refractivity contribution in [2.75, 3.05) is 18.4 Å². The summed E-state index contributed by atoms with van der Waals surface area (Å²) in [6, 6.07) is 7.43. The first-order valence-electron chi connectivity index (χ1n) is 8.43. The van der Waals surface area contributed by atoms with Gasteiger partial charge in [0.25, 0.3) is 0 Å². The number of benzene rings is 1. The number of rotatable bonds is 4. The Kier molecular flexibility index (Phi) is 6.20. The highest BCUT2D eigenvalue weighted by atomic mass is 16.5. The van der Waals surface area contributed by atoms with Gasteiger partial charge in [-0.05, 0) is 31.5 Å². The van der Waals surface area contributed by atoms with E-state index in [1.54, 1.807) is 4.90 Å². The lowest BCUT2D eigenvalue weighted by molar-refractivity contribution is -0.118. The maximum Gasteiger partial charge on any atom is 0.317 e. The molecule has 6 heteroatoms. The van der Waals surface area contributed by atoms with Crippen LogP contribution in [0.25, 0.3) is 0 Å². The second-order valence-electron chi connectivity index (χ2n) is 6.66. The van der Waals surface area contributed by atoms with Gasteiger partial charge in [-0.2, -0.15) is 0 Å². The summed E-state index contributed by atoms with van der Waals surface area (Å²) in [5.41, 5.74) is 1.75. The molecule has 1 aromatic rings. The average Bonchev–Trinajstić information content (AvgIpc) is 2.52. The fourth-order valence-electron chi connectivity index (χ4n) is 2.63. The van der Waals surface area contributed by atoms with Crippen LogP contribution in [0.5, 0.6) is 0 Å². The van der Waals surface area contributed by atoms with E-state index >= 15 is 0 Å². The van der Waals surface area contributed by atoms with Crippen LogP contribution in [0.2, 0.25) is 0 Å². The number of anilines is 1. The van der Waals surface area contributed by atoms with E-state index in [-0.39, 0.29) is 30.1 Å². The fraction of sp³-hybridized carbons (Fsp3) is 0.556. The molecule has 0 bridgehead atoms. The van der Waals surface area contributed by atoms with Gasteiger partial charge in [0.15, 0.2) is 0 Å². The molecule has 0 spiro atoms. The Morgan fingerprint density at radius 3 is 2.29 bits per heavy atom. The molecule has 0 saturated carbocycles. The molecule has 132 valence electrons. The van der Waals surface area contributed by atoms with Crippen LogP contribution in [0, 0.1) is 5.92 Å². The molecule has 0 radical (unpaired) electrons. The predicted molar refractivity (Wildman–Crippen MR) is 93.7 cm³/mol. The van der Waals surface area contributed by atoms with Crippen LogP contribution in [0.3, 0.4) is 0 Å². The van der Waals surface area contributed by atoms with Crippen LogP contribution < -0.4 is 10.6 Å². The molecule has 0 aliphatic carbocycles. The first-order valence-corrected chi connectivity index (χ1v) is 8.43. The molecule has 1 saturated heterocycles. The van der Waals surface area contributed by atoms with Crippen LogP contribution in [-0.2, 0) is 16.1 Å². The molecule has 6 nitrogen and oxygen atoms in total. The van der Waals surface area contributed by atoms with Crippen LogP contribution in [0.15, 0.2) is 24.3 Å². The van der Waals surface area contributed by atoms with Crippen molar-refractivity contribution in [2.45, 2.75) is 46.4 Å². The summed E-state index contributed by atoms with van der Waals surface area (Å²) in [6.07, 6.45) is 0.117. The Morgan fingerprint density at radius 1 is 1.17 bits per heavy atom. The molecule has 3 amide bonds. The van der Waals surface area contributed by atoms with Gasteiger partial charge in [0, 0.05) is 31.2 Å². The Labute approximate surface area is 143 Å². The Balaban J connectivity index is 1.83. The highest BCUT2D eigenvalue weighted by Gasteiger charge is 2.25. The van der Waals surface area contributed by atoms with Crippen molar-refractivity contribution >= 4 is 17.6 Å². The molecule has 0 unspecified atom stereocenters. The van der Waals surface area contributed by atoms with Gasteiger partial charge in [0.2, 0.25) is 5.91 Å². The maximum atomic E-state index is 12.3. The smallest absolute Gasteiger partial charge is 0.317 e. The van der Waals surface area contributed by atoms with Gasteiger partial charge in [0.05, 0.1) is 12.2 Å². The lowest BCUT2D eigenvalue weighted by Crippen LogP contribution is -2.51. The lowest BCUT2D eigenvalue weighted by atomic mass is 10.1. The summed E-state index contributed by atoms with van der Waals surface area (Å²) in [7, 11) is 0. The standard InChI is InChI=1S/C18H27N3O3/c1-12(2)17(22)20-16-7-5-15(6-8-16)9-19-18(23)21-10-13(3)24-14(4)11-21/h5-8,12-14H,9-11H2,1-4H3,(H,19,23)(H,20,22)/t13-,14-/m1/s1. The number of carbonyl (C=O) groups excluding carboxylic acids is 2. The molecule has 24 heavy (non-hydrogen) atoms. The molecule has 2 rings (SSSR count). The van der Waals surface area contributed by atoms with E-state index in [0.29, 0.717) is 19.6 Å². The van der Waals surface area contributed by atoms with E-state index < -0.39 is 0 Å². The largest absolute Gasteiger partial charge is 0.372 e. The third-order valence-corrected chi connectivity index (χ3v) is 3.90. The molecular weight excluding hydrogens is 306 g/mol. The van der Waals surface area contributed by atoms with Gasteiger partial charge in [-0.3, -0.25) is 4.79 Å². The Morgan fingerprint density at radius 2 is 1.75 bits per heavy atom. The second kappa shape index (κ2) is 8.15. The van der Waals surface area contributed by atoms with Gasteiger partial charge in [-0.1, -0.05) is 26.0 Å². The first kappa shape index (κ1) is 18.3. The van der Waals surface area contributed by atoms with Crippen molar-refractivity contribution in [2.24, 2.45) is 5.92 Å². The van der Waals surface area contributed by atoms with E-state index in [4.69, 9.17) is 4.74 Å². The zero-order valence-electron chi connectivity index (χ0n) is 14.8. The Hall–Kier alpha value is -2.08. The van der Waals surface area contributed by atoms with Crippen LogP contribution >= 0.6 is 0 Å². The zero-order chi connectivity index (χ0) is 17.7. The topological polar surface area (TPSA) is 70.7 Å². The van der Waals surface area contributed by atoms with Crippen molar-refractivity contribution in [1.29, 1.82) is 0 Å². The number of morpholine rings is 1. The predicted octanol–water partition coefficient (Wildman–Crippen LogP) is 2.60. The quantitative estimate of drug-likeness (QED) is 0.890. The Bertz CT molecular complexity index is 561. The number of nitrogens with one attached hydrogen (secondary N) is 2. The van der Waals surface area contributed by atoms with Crippen LogP contribution in [0.1, 0.15) is 33.3 Å². The zero-order valence-corrected chi connectivity index (χ0v) is 14.8. The average molecular weight is 333 g/mol. The first-order chi connectivity index (χ1) is 11.3. The monoisotopic (exact) mass is 333 g/mol. The number of nitrogens with zero attached hydrogens (tertiary/aromatic N) is 1. The summed E-state index contributed by atoms with van der Waals surface area (Å²) in [5.74, 6) is -0.0612. The number of urea groups is 1. The number of carbonyl (C=O) groups is 2. The van der Waals surface area contributed by atoms with Crippen molar-refractivity contribution in [1.82, 2.24) is 10.2 Å². The van der Waals surface area contributed by atoms with E-state index in [1.165, 1.54) is 0 Å². The van der Waals surface area contributed by atoms with Crippen molar-refractivity contribution in [3.05, 3.63) is 29.8 Å². The minimum absolute atomic E-state index is 0.00777. The highest BCUT2D eigenvalue weighted by molar-refractivity contribution is 5.92. The van der Waals surface area contributed by atoms with Crippen LogP contribution in [0.4, 0.5) is 10.5 Å². The third-order valence-electron chi connectivity index (χ3n) is 3.90. The SMILES string of the molecule is CC(C)C(=O)Nc1ccc(CNC(=O)N2C[C@@H](C)O[C@H](C)C2)cc1. The minimum Gasteiger partial charge on any atom is -0.372 e. The lowest BCUT2D eigenvalue weighted by Gasteiger charge is -2.35. The molecule has 0 aromatic heterocycles. The van der Waals surface area contributed by atoms with Crippen LogP contribution in [-0.4, -0.2) is 42.1 Å². The van der Waals surface area contributed by atoms with Gasteiger partial charge in [0.1, 0.15) is 0 Å². The molecule has 1 fully saturated rings. The number of amides is 3. The summed E-state index contributed by atoms with van der Waals surface area (Å²) in [4.78, 5) is 25.7. The highest BCUT2D eigenvalue weighted by Crippen LogP contribution is 2.13. The molecule has 2 atom stereocenters. The van der Waals surface area contributed by atoms with Crippen molar-refractivity contribution in [3.8, 4) is 0 Å². The summed E-state index contributed by atoms with van der Waals surface area (Å²) in [6.45, 7) is 9.32. The van der Waals surface area contributed by atoms with Gasteiger partial charge in [-0.25, -0.2) is 4.79 Å². The van der Waals surface area contributed by atoms with E-state index in [2.05, 4.69) is 10.6 Å². The van der Waals surface area contributed by atoms with E-state index in [1.807, 2.05) is 52.0 Å². The van der Waals surface area contributed by atoms with Crippen molar-refractivity contribution < 1.29 is 14.3 Å². The molecule has 1 aliphatic heterocycles. The molecule has 1 aromatic carbocycles. The van der Waals surface area contributed by atoms with Gasteiger partial charge >= 0.3 is 6.03 Å². The molecular formula is C18H27N3O3. The number of hydrogen-bond donors (Lipinski definition) is 2. The van der Waals surface area contributed by atoms with Gasteiger partial charge in [-0.15, -0.1) is 0 Å². The summed E-state index contributed by atoms with van der Waals surface area (Å²) < 4.78 is 5.63. The molecule has 2 N–H and O–H groups in total. The van der Waals surface area contributed by atoms with E-state index in [9.17, 15) is 9.59 Å². The van der Waals surface area contributed by atoms with E-state index in [0.717, 1.165) is 11.3 Å². The normalized spacial score (nSPS) is 20.8. The van der Waals surface area contributed by atoms with Gasteiger partial charge < -0.3 is 20.3 Å². The van der Waals surface area contributed by atoms with Crippen molar-refractivity contribution in [3.63, 3.8) is 0 Å². The second-order valence-corrected chi connectivity index (χ2v) is 6.66. The number of ether oxygens (including phenoxy) is 1. The number of hydrogen-bond acceptors (Lipinski definition) is 3. The fourth-order valence-corrected chi connectivity index (χ4v) is 2.63. The molecule has 1 heterocycles. The maximum absolute atomic E-state index is 12.3. The summed E-state index contributed by atoms with van der Waals surface area (Å²) in [5, 5.41) is 5.78. The minimum atomic E-state index is -0.0748.